The van der Waals surface area contributed by atoms with Crippen LogP contribution < -0.4 is 10.9 Å². The Kier molecular flexibility index (Phi) is 7.16. The second kappa shape index (κ2) is 10.4. The van der Waals surface area contributed by atoms with Crippen LogP contribution >= 0.6 is 23.1 Å². The largest absolute Gasteiger partial charge is 0.295 e. The van der Waals surface area contributed by atoms with Crippen LogP contribution in [-0.2, 0) is 22.6 Å². The summed E-state index contributed by atoms with van der Waals surface area (Å²) in [6.07, 6.45) is 1.74. The van der Waals surface area contributed by atoms with E-state index in [1.54, 1.807) is 6.08 Å². The van der Waals surface area contributed by atoms with Crippen molar-refractivity contribution in [3.63, 3.8) is 0 Å². The van der Waals surface area contributed by atoms with Crippen LogP contribution in [0.4, 0.5) is 0 Å². The number of carbonyl (C=O) groups is 2. The molecule has 0 fully saturated rings. The molecule has 33 heavy (non-hydrogen) atoms. The number of hydrogen-bond acceptors (Lipinski definition) is 6. The normalized spacial score (nSPS) is 10.8. The fourth-order valence-electron chi connectivity index (χ4n) is 3.29. The number of fused-ring (bicyclic) bond motifs is 1. The molecule has 8 heteroatoms. The van der Waals surface area contributed by atoms with Gasteiger partial charge in [0.25, 0.3) is 5.56 Å². The van der Waals surface area contributed by atoms with Crippen molar-refractivity contribution in [1.29, 1.82) is 0 Å². The third kappa shape index (κ3) is 5.47. The van der Waals surface area contributed by atoms with Gasteiger partial charge in [-0.15, -0.1) is 17.9 Å². The van der Waals surface area contributed by atoms with Crippen molar-refractivity contribution in [1.82, 2.24) is 14.9 Å². The summed E-state index contributed by atoms with van der Waals surface area (Å²) < 4.78 is 1.50. The van der Waals surface area contributed by atoms with Gasteiger partial charge in [0.1, 0.15) is 4.83 Å². The van der Waals surface area contributed by atoms with Gasteiger partial charge in [0.15, 0.2) is 5.16 Å². The van der Waals surface area contributed by atoms with Crippen molar-refractivity contribution in [3.8, 4) is 10.4 Å². The molecule has 6 nitrogen and oxygen atoms in total. The lowest BCUT2D eigenvalue weighted by molar-refractivity contribution is -0.128. The molecule has 4 rings (SSSR count). The van der Waals surface area contributed by atoms with Crippen molar-refractivity contribution in [3.05, 3.63) is 95.3 Å². The molecule has 0 radical (unpaired) electrons. The number of thiophene rings is 1. The van der Waals surface area contributed by atoms with Crippen molar-refractivity contribution >= 4 is 45.1 Å². The SMILES string of the molecule is C=CCn1c(SCC(=O)NC(=O)Cc2ccccc2)nc2sc(-c3ccccc3)cc2c1=O. The number of amides is 2. The van der Waals surface area contributed by atoms with Crippen LogP contribution in [0.25, 0.3) is 20.7 Å². The minimum Gasteiger partial charge on any atom is -0.295 e. The highest BCUT2D eigenvalue weighted by Gasteiger charge is 2.17. The summed E-state index contributed by atoms with van der Waals surface area (Å²) in [7, 11) is 0. The van der Waals surface area contributed by atoms with Gasteiger partial charge >= 0.3 is 0 Å². The standard InChI is InChI=1S/C25H21N3O3S2/c1-2-13-28-24(31)19-15-20(18-11-7-4-8-12-18)33-23(19)27-25(28)32-16-22(30)26-21(29)14-17-9-5-3-6-10-17/h2-12,15H,1,13-14,16H2,(H,26,29,30). The Morgan fingerprint density at radius 2 is 1.76 bits per heavy atom. The Hall–Kier alpha value is -3.49. The Balaban J connectivity index is 1.52. The first-order chi connectivity index (χ1) is 16.0. The first kappa shape index (κ1) is 22.7. The second-order valence-electron chi connectivity index (χ2n) is 7.22. The number of carbonyl (C=O) groups excluding carboxylic acids is 2. The topological polar surface area (TPSA) is 81.1 Å². The summed E-state index contributed by atoms with van der Waals surface area (Å²) in [4.78, 5) is 43.8. The van der Waals surface area contributed by atoms with Crippen LogP contribution in [0.3, 0.4) is 0 Å². The predicted molar refractivity (Wildman–Crippen MR) is 134 cm³/mol. The van der Waals surface area contributed by atoms with Gasteiger partial charge in [0.2, 0.25) is 11.8 Å². The van der Waals surface area contributed by atoms with Gasteiger partial charge in [-0.3, -0.25) is 24.3 Å². The first-order valence-electron chi connectivity index (χ1n) is 10.2. The smallest absolute Gasteiger partial charge is 0.263 e. The van der Waals surface area contributed by atoms with E-state index in [-0.39, 0.29) is 30.2 Å². The third-order valence-electron chi connectivity index (χ3n) is 4.80. The molecule has 2 heterocycles. The summed E-state index contributed by atoms with van der Waals surface area (Å²) in [5, 5.41) is 3.35. The second-order valence-corrected chi connectivity index (χ2v) is 9.19. The number of rotatable bonds is 8. The summed E-state index contributed by atoms with van der Waals surface area (Å²) >= 11 is 2.56. The number of benzene rings is 2. The highest BCUT2D eigenvalue weighted by molar-refractivity contribution is 7.99. The lowest BCUT2D eigenvalue weighted by atomic mass is 10.1. The zero-order valence-electron chi connectivity index (χ0n) is 17.7. The molecule has 0 saturated carbocycles. The highest BCUT2D eigenvalue weighted by Crippen LogP contribution is 2.32. The van der Waals surface area contributed by atoms with Crippen LogP contribution in [-0.4, -0.2) is 27.1 Å². The summed E-state index contributed by atoms with van der Waals surface area (Å²) in [6, 6.07) is 20.9. The van der Waals surface area contributed by atoms with Crippen LogP contribution in [0.2, 0.25) is 0 Å². The maximum absolute atomic E-state index is 13.1. The highest BCUT2D eigenvalue weighted by atomic mass is 32.2. The Morgan fingerprint density at radius 1 is 1.06 bits per heavy atom. The van der Waals surface area contributed by atoms with E-state index >= 15 is 0 Å². The molecular formula is C25H21N3O3S2. The fraction of sp³-hybridized carbons (Fsp3) is 0.120. The first-order valence-corrected chi connectivity index (χ1v) is 12.1. The minimum absolute atomic E-state index is 0.0352. The number of hydrogen-bond donors (Lipinski definition) is 1. The van der Waals surface area contributed by atoms with Crippen molar-refractivity contribution < 1.29 is 9.59 Å². The Morgan fingerprint density at radius 3 is 2.45 bits per heavy atom. The summed E-state index contributed by atoms with van der Waals surface area (Å²) in [5.41, 5.74) is 1.66. The van der Waals surface area contributed by atoms with E-state index in [1.165, 1.54) is 15.9 Å². The van der Waals surface area contributed by atoms with Gasteiger partial charge in [-0.05, 0) is 17.2 Å². The molecule has 0 atom stereocenters. The number of imide groups is 1. The van der Waals surface area contributed by atoms with E-state index in [0.717, 1.165) is 27.8 Å². The van der Waals surface area contributed by atoms with Crippen LogP contribution in [0, 0.1) is 0 Å². The van der Waals surface area contributed by atoms with Gasteiger partial charge in [-0.25, -0.2) is 4.98 Å². The number of nitrogens with zero attached hydrogens (tertiary/aromatic N) is 2. The Bertz CT molecular complexity index is 1360. The molecule has 2 aromatic carbocycles. The zero-order chi connectivity index (χ0) is 23.2. The van der Waals surface area contributed by atoms with Crippen molar-refractivity contribution in [2.24, 2.45) is 0 Å². The van der Waals surface area contributed by atoms with E-state index in [0.29, 0.717) is 15.4 Å². The van der Waals surface area contributed by atoms with E-state index in [1.807, 2.05) is 66.7 Å². The molecule has 0 aliphatic carbocycles. The predicted octanol–water partition coefficient (Wildman–Crippen LogP) is 4.29. The number of nitrogens with one attached hydrogen (secondary N) is 1. The van der Waals surface area contributed by atoms with E-state index in [4.69, 9.17) is 0 Å². The van der Waals surface area contributed by atoms with Crippen LogP contribution in [0.15, 0.2) is 89.3 Å². The van der Waals surface area contributed by atoms with E-state index < -0.39 is 5.91 Å². The quantitative estimate of drug-likeness (QED) is 0.234. The van der Waals surface area contributed by atoms with E-state index in [9.17, 15) is 14.4 Å². The van der Waals surface area contributed by atoms with Crippen molar-refractivity contribution in [2.45, 2.75) is 18.1 Å². The molecule has 0 saturated heterocycles. The average molecular weight is 476 g/mol. The summed E-state index contributed by atoms with van der Waals surface area (Å²) in [6.45, 7) is 4.00. The monoisotopic (exact) mass is 475 g/mol. The molecule has 4 aromatic rings. The fourth-order valence-corrected chi connectivity index (χ4v) is 5.18. The van der Waals surface area contributed by atoms with Crippen LogP contribution in [0.1, 0.15) is 5.56 Å². The van der Waals surface area contributed by atoms with Gasteiger partial charge in [0, 0.05) is 11.4 Å². The molecule has 0 spiro atoms. The number of thioether (sulfide) groups is 1. The maximum atomic E-state index is 13.1. The maximum Gasteiger partial charge on any atom is 0.263 e. The van der Waals surface area contributed by atoms with Gasteiger partial charge in [-0.2, -0.15) is 0 Å². The van der Waals surface area contributed by atoms with Gasteiger partial charge < -0.3 is 0 Å². The zero-order valence-corrected chi connectivity index (χ0v) is 19.3. The van der Waals surface area contributed by atoms with Gasteiger partial charge in [0.05, 0.1) is 17.6 Å². The molecule has 0 unspecified atom stereocenters. The molecule has 1 N–H and O–H groups in total. The lowest BCUT2D eigenvalue weighted by Crippen LogP contribution is -2.33. The molecular weight excluding hydrogens is 454 g/mol. The van der Waals surface area contributed by atoms with Crippen LogP contribution in [0.5, 0.6) is 0 Å². The number of aromatic nitrogens is 2. The molecule has 2 aromatic heterocycles. The van der Waals surface area contributed by atoms with Crippen molar-refractivity contribution in [2.75, 3.05) is 5.75 Å². The molecule has 0 aliphatic heterocycles. The summed E-state index contributed by atoms with van der Waals surface area (Å²) in [5.74, 6) is -0.840. The molecule has 0 aliphatic rings. The third-order valence-corrected chi connectivity index (χ3v) is 6.86. The molecule has 0 bridgehead atoms. The average Bonchev–Trinajstić information content (AvgIpc) is 3.25. The number of allylic oxidation sites excluding steroid dienone is 1. The minimum atomic E-state index is -0.434. The molecule has 2 amide bonds. The lowest BCUT2D eigenvalue weighted by Gasteiger charge is -2.10. The molecule has 166 valence electrons. The Labute approximate surface area is 199 Å². The van der Waals surface area contributed by atoms with E-state index in [2.05, 4.69) is 16.9 Å². The van der Waals surface area contributed by atoms with Gasteiger partial charge in [-0.1, -0.05) is 78.5 Å².